The van der Waals surface area contributed by atoms with Crippen LogP contribution in [0.25, 0.3) is 10.9 Å². The van der Waals surface area contributed by atoms with Crippen molar-refractivity contribution in [2.24, 2.45) is 12.2 Å². The van der Waals surface area contributed by atoms with E-state index in [9.17, 15) is 10.0 Å². The molecular formula is C11H14N2O2. The number of para-hydroxylation sites is 1. The second kappa shape index (κ2) is 4.59. The lowest BCUT2D eigenvalue weighted by Crippen LogP contribution is -1.84. The molecule has 2 rings (SSSR count). The van der Waals surface area contributed by atoms with E-state index in [2.05, 4.69) is 5.18 Å². The first-order valence-corrected chi connectivity index (χ1v) is 4.85. The van der Waals surface area contributed by atoms with Crippen LogP contribution in [0.15, 0.2) is 29.4 Å². The molecule has 1 heterocycles. The fourth-order valence-electron chi connectivity index (χ4n) is 1.45. The summed E-state index contributed by atoms with van der Waals surface area (Å²) in [4.78, 5) is 10.4. The summed E-state index contributed by atoms with van der Waals surface area (Å²) in [5.74, 6) is -0.0869. The number of nitroso groups, excluding NO2 is 1. The van der Waals surface area contributed by atoms with Gasteiger partial charge < -0.3 is 9.67 Å². The molecule has 0 aliphatic heterocycles. The summed E-state index contributed by atoms with van der Waals surface area (Å²) in [6.07, 6.45) is 0. The molecule has 0 bridgehead atoms. The molecule has 0 aliphatic rings. The molecule has 1 aromatic carbocycles. The van der Waals surface area contributed by atoms with Gasteiger partial charge in [-0.3, -0.25) is 0 Å². The van der Waals surface area contributed by atoms with Gasteiger partial charge in [-0.25, -0.2) is 0 Å². The zero-order valence-corrected chi connectivity index (χ0v) is 9.06. The maximum atomic E-state index is 10.4. The van der Waals surface area contributed by atoms with Gasteiger partial charge >= 0.3 is 0 Å². The minimum Gasteiger partial charge on any atom is -0.493 e. The number of aromatic hydroxyl groups is 1. The Morgan fingerprint density at radius 2 is 1.87 bits per heavy atom. The van der Waals surface area contributed by atoms with Gasteiger partial charge in [-0.15, -0.1) is 4.91 Å². The number of hydrogen-bond acceptors (Lipinski definition) is 3. The minimum absolute atomic E-state index is 0.0869. The first kappa shape index (κ1) is 11.2. The second-order valence-corrected chi connectivity index (χ2v) is 2.84. The third kappa shape index (κ3) is 1.70. The normalized spacial score (nSPS) is 9.53. The third-order valence-electron chi connectivity index (χ3n) is 2.14. The summed E-state index contributed by atoms with van der Waals surface area (Å²) in [6.45, 7) is 4.00. The fraction of sp³-hybridized carbons (Fsp3) is 0.273. The quantitative estimate of drug-likeness (QED) is 0.728. The van der Waals surface area contributed by atoms with Crippen LogP contribution < -0.4 is 0 Å². The largest absolute Gasteiger partial charge is 0.493 e. The van der Waals surface area contributed by atoms with Crippen LogP contribution in [0.2, 0.25) is 0 Å². The van der Waals surface area contributed by atoms with Crippen molar-refractivity contribution >= 4 is 16.6 Å². The van der Waals surface area contributed by atoms with Gasteiger partial charge in [0.2, 0.25) is 5.88 Å². The molecule has 0 fully saturated rings. The van der Waals surface area contributed by atoms with E-state index in [4.69, 9.17) is 0 Å². The lowest BCUT2D eigenvalue weighted by atomic mass is 10.2. The summed E-state index contributed by atoms with van der Waals surface area (Å²) < 4.78 is 1.53. The van der Waals surface area contributed by atoms with Crippen LogP contribution in [0.5, 0.6) is 5.88 Å². The van der Waals surface area contributed by atoms with Gasteiger partial charge in [0.05, 0.1) is 5.52 Å². The van der Waals surface area contributed by atoms with Crippen molar-refractivity contribution < 1.29 is 5.11 Å². The van der Waals surface area contributed by atoms with Crippen molar-refractivity contribution in [3.05, 3.63) is 29.2 Å². The number of rotatable bonds is 1. The Labute approximate surface area is 88.1 Å². The van der Waals surface area contributed by atoms with Crippen LogP contribution >= 0.6 is 0 Å². The Bertz CT molecular complexity index is 475. The van der Waals surface area contributed by atoms with Crippen LogP contribution in [0.3, 0.4) is 0 Å². The average molecular weight is 206 g/mol. The molecule has 0 unspecified atom stereocenters. The highest BCUT2D eigenvalue weighted by Gasteiger charge is 2.13. The number of fused-ring (bicyclic) bond motifs is 1. The summed E-state index contributed by atoms with van der Waals surface area (Å²) in [6, 6.07) is 7.22. The topological polar surface area (TPSA) is 54.6 Å². The van der Waals surface area contributed by atoms with Crippen LogP contribution in [-0.4, -0.2) is 9.67 Å². The number of benzene rings is 1. The van der Waals surface area contributed by atoms with E-state index in [0.717, 1.165) is 5.52 Å². The van der Waals surface area contributed by atoms with Gasteiger partial charge in [0.25, 0.3) is 0 Å². The maximum Gasteiger partial charge on any atom is 0.222 e. The zero-order valence-electron chi connectivity index (χ0n) is 9.06. The van der Waals surface area contributed by atoms with E-state index < -0.39 is 0 Å². The van der Waals surface area contributed by atoms with Gasteiger partial charge in [0.15, 0.2) is 5.69 Å². The summed E-state index contributed by atoms with van der Waals surface area (Å²) >= 11 is 0. The van der Waals surface area contributed by atoms with Crippen LogP contribution in [-0.2, 0) is 7.05 Å². The summed E-state index contributed by atoms with van der Waals surface area (Å²) in [5.41, 5.74) is 0.910. The molecule has 0 spiro atoms. The van der Waals surface area contributed by atoms with E-state index in [0.29, 0.717) is 5.39 Å². The van der Waals surface area contributed by atoms with Crippen molar-refractivity contribution in [1.29, 1.82) is 0 Å². The molecule has 0 amide bonds. The summed E-state index contributed by atoms with van der Waals surface area (Å²) in [7, 11) is 1.69. The first-order valence-electron chi connectivity index (χ1n) is 4.85. The Kier molecular flexibility index (Phi) is 3.44. The molecule has 80 valence electrons. The molecule has 15 heavy (non-hydrogen) atoms. The van der Waals surface area contributed by atoms with E-state index in [1.807, 2.05) is 26.0 Å². The van der Waals surface area contributed by atoms with Gasteiger partial charge in [0, 0.05) is 12.4 Å². The molecule has 0 saturated carbocycles. The minimum atomic E-state index is -0.0869. The van der Waals surface area contributed by atoms with Crippen molar-refractivity contribution in [1.82, 2.24) is 4.57 Å². The molecule has 1 N–H and O–H groups in total. The predicted molar refractivity (Wildman–Crippen MR) is 61.4 cm³/mol. The van der Waals surface area contributed by atoms with Gasteiger partial charge in [-0.1, -0.05) is 32.0 Å². The smallest absolute Gasteiger partial charge is 0.222 e. The highest BCUT2D eigenvalue weighted by atomic mass is 16.3. The lowest BCUT2D eigenvalue weighted by molar-refractivity contribution is 0.437. The predicted octanol–water partition coefficient (Wildman–Crippen LogP) is 3.31. The van der Waals surface area contributed by atoms with E-state index in [1.165, 1.54) is 4.57 Å². The van der Waals surface area contributed by atoms with Gasteiger partial charge in [0.1, 0.15) is 0 Å². The zero-order chi connectivity index (χ0) is 11.4. The molecule has 2 aromatic rings. The third-order valence-corrected chi connectivity index (χ3v) is 2.14. The molecule has 4 heteroatoms. The van der Waals surface area contributed by atoms with Crippen molar-refractivity contribution in [3.63, 3.8) is 0 Å². The molecule has 0 radical (unpaired) electrons. The Morgan fingerprint density at radius 3 is 2.47 bits per heavy atom. The number of hydrogen-bond donors (Lipinski definition) is 1. The van der Waals surface area contributed by atoms with Crippen LogP contribution in [0.1, 0.15) is 13.8 Å². The number of aromatic nitrogens is 1. The number of aryl methyl sites for hydroxylation is 1. The molecule has 0 aliphatic carbocycles. The monoisotopic (exact) mass is 206 g/mol. The van der Waals surface area contributed by atoms with Gasteiger partial charge in [-0.05, 0) is 11.2 Å². The molecular weight excluding hydrogens is 192 g/mol. The molecule has 4 nitrogen and oxygen atoms in total. The van der Waals surface area contributed by atoms with Gasteiger partial charge in [-0.2, -0.15) is 0 Å². The van der Waals surface area contributed by atoms with Crippen molar-refractivity contribution in [3.8, 4) is 5.88 Å². The first-order chi connectivity index (χ1) is 7.25. The van der Waals surface area contributed by atoms with E-state index in [-0.39, 0.29) is 11.6 Å². The number of nitrogens with zero attached hydrogens (tertiary/aromatic N) is 2. The second-order valence-electron chi connectivity index (χ2n) is 2.84. The van der Waals surface area contributed by atoms with E-state index >= 15 is 0 Å². The van der Waals surface area contributed by atoms with E-state index in [1.54, 1.807) is 19.2 Å². The summed E-state index contributed by atoms with van der Waals surface area (Å²) in [5, 5.41) is 13.0. The Balaban J connectivity index is 0.000000531. The fourth-order valence-corrected chi connectivity index (χ4v) is 1.45. The average Bonchev–Trinajstić information content (AvgIpc) is 2.55. The Morgan fingerprint density at radius 1 is 1.27 bits per heavy atom. The van der Waals surface area contributed by atoms with Crippen molar-refractivity contribution in [2.75, 3.05) is 0 Å². The SMILES string of the molecule is CC.Cn1c(O)c(N=O)c2ccccc21. The highest BCUT2D eigenvalue weighted by molar-refractivity contribution is 5.94. The van der Waals surface area contributed by atoms with Crippen LogP contribution in [0.4, 0.5) is 5.69 Å². The standard InChI is InChI=1S/C9H8N2O2.C2H6/c1-11-7-5-3-2-4-6(7)8(10-13)9(11)12;1-2/h2-5,12H,1H3;1-2H3. The highest BCUT2D eigenvalue weighted by Crippen LogP contribution is 2.36. The molecule has 1 aromatic heterocycles. The Hall–Kier alpha value is -1.84. The van der Waals surface area contributed by atoms with Crippen molar-refractivity contribution in [2.45, 2.75) is 13.8 Å². The molecule has 0 atom stereocenters. The lowest BCUT2D eigenvalue weighted by Gasteiger charge is -1.94. The van der Waals surface area contributed by atoms with Crippen LogP contribution in [0, 0.1) is 4.91 Å². The maximum absolute atomic E-state index is 10.4. The molecule has 0 saturated heterocycles.